The van der Waals surface area contributed by atoms with Crippen molar-refractivity contribution in [1.82, 2.24) is 0 Å². The van der Waals surface area contributed by atoms with Crippen LogP contribution in [0.4, 0.5) is 0 Å². The summed E-state index contributed by atoms with van der Waals surface area (Å²) in [4.78, 5) is 27.9. The van der Waals surface area contributed by atoms with Crippen LogP contribution in [-0.4, -0.2) is 65.0 Å². The van der Waals surface area contributed by atoms with E-state index in [4.69, 9.17) is 17.1 Å². The molecular formula is C15H48FeO6Si6. The van der Waals surface area contributed by atoms with Crippen LogP contribution in [0.2, 0.25) is 98.2 Å². The van der Waals surface area contributed by atoms with Gasteiger partial charge in [0.05, 0.1) is 0 Å². The summed E-state index contributed by atoms with van der Waals surface area (Å²) in [7, 11) is -11.5. The molecule has 3 N–H and O–H groups in total. The van der Waals surface area contributed by atoms with E-state index in [1.165, 1.54) is 0 Å². The molecule has 0 radical (unpaired) electrons. The minimum atomic E-state index is -2.85. The second kappa shape index (κ2) is 13.2. The Kier molecular flexibility index (Phi) is 17.4. The maximum absolute atomic E-state index is 9.95. The molecule has 6 nitrogen and oxygen atoms in total. The number of hydrogen-bond donors (Lipinski definition) is 3. The van der Waals surface area contributed by atoms with E-state index in [0.29, 0.717) is 0 Å². The molecule has 13 heteroatoms. The first kappa shape index (κ1) is 36.9. The zero-order chi connectivity index (χ0) is 23.1. The molecule has 28 heavy (non-hydrogen) atoms. The van der Waals surface area contributed by atoms with Crippen LogP contribution in [0.25, 0.3) is 0 Å². The summed E-state index contributed by atoms with van der Waals surface area (Å²) in [6.45, 7) is 29.5. The molecule has 0 aliphatic heterocycles. The van der Waals surface area contributed by atoms with Crippen LogP contribution in [0.3, 0.4) is 0 Å². The average molecular weight is 549 g/mol. The molecule has 0 unspecified atom stereocenters. The third-order valence-corrected chi connectivity index (χ3v) is 13.9. The van der Waals surface area contributed by atoms with Crippen LogP contribution < -0.4 is 0 Å². The van der Waals surface area contributed by atoms with Gasteiger partial charge >= 0.3 is 17.4 Å². The third kappa shape index (κ3) is 50.8. The Bertz CT molecular complexity index is 370. The van der Waals surface area contributed by atoms with Gasteiger partial charge in [0, 0.05) is 23.6 Å². The van der Waals surface area contributed by atoms with Crippen molar-refractivity contribution in [3.63, 3.8) is 0 Å². The first-order valence-corrected chi connectivity index (χ1v) is 28.2. The Morgan fingerprint density at radius 1 is 0.429 bits per heavy atom. The van der Waals surface area contributed by atoms with Crippen molar-refractivity contribution in [2.45, 2.75) is 98.2 Å². The summed E-state index contributed by atoms with van der Waals surface area (Å²) in [5, 5.41) is 0. The molecule has 0 atom stereocenters. The van der Waals surface area contributed by atoms with Gasteiger partial charge in [0.25, 0.3) is 0 Å². The monoisotopic (exact) mass is 548 g/mol. The molecule has 0 aromatic carbocycles. The van der Waals surface area contributed by atoms with Crippen LogP contribution in [0.15, 0.2) is 0 Å². The van der Waals surface area contributed by atoms with Gasteiger partial charge in [-0.25, -0.2) is 0 Å². The molecule has 0 aromatic rings. The topological polar surface area (TPSA) is 88.4 Å². The molecule has 0 spiro atoms. The fourth-order valence-corrected chi connectivity index (χ4v) is 17.5. The molecule has 0 aromatic heterocycles. The van der Waals surface area contributed by atoms with Crippen LogP contribution >= 0.6 is 0 Å². The van der Waals surface area contributed by atoms with Gasteiger partial charge in [-0.2, -0.15) is 0 Å². The summed E-state index contributed by atoms with van der Waals surface area (Å²) in [5.74, 6) is 0. The van der Waals surface area contributed by atoms with Gasteiger partial charge in [-0.3, -0.25) is 0 Å². The molecule has 0 fully saturated rings. The fraction of sp³-hybridized carbons (Fsp3) is 1.00. The number of hydrogen-bond acceptors (Lipinski definition) is 6. The van der Waals surface area contributed by atoms with Crippen molar-refractivity contribution in [3.05, 3.63) is 0 Å². The average Bonchev–Trinajstić information content (AvgIpc) is 1.96. The van der Waals surface area contributed by atoms with Gasteiger partial charge in [-0.05, 0) is 91.7 Å². The van der Waals surface area contributed by atoms with Gasteiger partial charge < -0.3 is 26.7 Å². The van der Waals surface area contributed by atoms with Crippen LogP contribution in [-0.2, 0) is 29.4 Å². The molecule has 0 saturated heterocycles. The first-order chi connectivity index (χ1) is 11.1. The third-order valence-electron chi connectivity index (χ3n) is 1.55. The fourth-order valence-electron chi connectivity index (χ4n) is 1.91. The van der Waals surface area contributed by atoms with Gasteiger partial charge in [0.1, 0.15) is 0 Å². The van der Waals surface area contributed by atoms with E-state index in [2.05, 4.69) is 58.9 Å². The number of rotatable bonds is 6. The molecule has 0 bridgehead atoms. The van der Waals surface area contributed by atoms with Crippen molar-refractivity contribution in [2.75, 3.05) is 0 Å². The summed E-state index contributed by atoms with van der Waals surface area (Å²) < 4.78 is 16.8. The maximum Gasteiger partial charge on any atom is 0.473 e. The minimum Gasteiger partial charge on any atom is -0.436 e. The second-order valence-corrected chi connectivity index (χ2v) is 35.3. The van der Waals surface area contributed by atoms with Gasteiger partial charge in [0.2, 0.25) is 0 Å². The molecule has 0 saturated carbocycles. The zero-order valence-corrected chi connectivity index (χ0v) is 28.0. The van der Waals surface area contributed by atoms with E-state index in [0.717, 1.165) is 0 Å². The predicted octanol–water partition coefficient (Wildman–Crippen LogP) is 4.59. The Labute approximate surface area is 192 Å². The quantitative estimate of drug-likeness (QED) is 0.421. The van der Waals surface area contributed by atoms with Crippen LogP contribution in [0.5, 0.6) is 0 Å². The first-order valence-electron chi connectivity index (χ1n) is 9.40. The molecule has 0 aliphatic rings. The Morgan fingerprint density at radius 3 is 0.679 bits per heavy atom. The predicted molar refractivity (Wildman–Crippen MR) is 132 cm³/mol. The van der Waals surface area contributed by atoms with Gasteiger partial charge in [-0.15, -0.1) is 0 Å². The Morgan fingerprint density at radius 2 is 0.607 bits per heavy atom. The summed E-state index contributed by atoms with van der Waals surface area (Å²) in [6, 6.07) is 0. The van der Waals surface area contributed by atoms with E-state index < -0.39 is 50.6 Å². The van der Waals surface area contributed by atoms with Crippen molar-refractivity contribution < 1.29 is 43.8 Å². The summed E-state index contributed by atoms with van der Waals surface area (Å²) in [6.07, 6.45) is 0. The smallest absolute Gasteiger partial charge is 0.436 e. The Balaban J connectivity index is -0.000000167. The summed E-state index contributed by atoms with van der Waals surface area (Å²) in [5.41, 5.74) is 0. The van der Waals surface area contributed by atoms with Crippen molar-refractivity contribution in [3.8, 4) is 0 Å². The maximum atomic E-state index is 9.95. The molecule has 0 heterocycles. The second-order valence-electron chi connectivity index (χ2n) is 11.2. The Hall–Kier alpha value is 1.58. The van der Waals surface area contributed by atoms with E-state index in [1.54, 1.807) is 19.6 Å². The zero-order valence-electron chi connectivity index (χ0n) is 20.9. The molecule has 0 aliphatic carbocycles. The molecule has 0 rings (SSSR count). The van der Waals surface area contributed by atoms with Crippen molar-refractivity contribution >= 4 is 50.6 Å². The van der Waals surface area contributed by atoms with E-state index >= 15 is 0 Å². The van der Waals surface area contributed by atoms with Crippen LogP contribution in [0.1, 0.15) is 0 Å². The van der Waals surface area contributed by atoms with E-state index in [1.807, 2.05) is 19.6 Å². The largest absolute Gasteiger partial charge is 0.473 e. The van der Waals surface area contributed by atoms with E-state index in [-0.39, 0.29) is 17.1 Å². The van der Waals surface area contributed by atoms with Crippen molar-refractivity contribution in [1.29, 1.82) is 0 Å². The minimum absolute atomic E-state index is 0. The van der Waals surface area contributed by atoms with Gasteiger partial charge in [0.15, 0.2) is 33.3 Å². The molecular weight excluding hydrogens is 501 g/mol. The summed E-state index contributed by atoms with van der Waals surface area (Å²) >= 11 is 0. The normalized spacial score (nSPS) is 13.5. The standard InChI is InChI=1S/C7H22O3Si3.C5H16O2Si2.C3H10OSi.Fe/c1-11(2,3)9-13(7,8)10-12(4,5)6;1-8(2,3)7-9(4,5)6;1-5(2,3)4;/h8H,1-7H3;6H,1-5H3;4H,1-3H3;. The molecule has 0 amide bonds. The van der Waals surface area contributed by atoms with E-state index in [9.17, 15) is 9.59 Å². The SMILES string of the molecule is C[Si](C)(C)O.C[Si](C)(C)O[Si](C)(C)O.C[Si](C)(C)O[Si](C)(O)O[Si](C)(C)C.[Fe]. The molecule has 176 valence electrons. The van der Waals surface area contributed by atoms with Crippen LogP contribution in [0, 0.1) is 0 Å². The van der Waals surface area contributed by atoms with Crippen molar-refractivity contribution in [2.24, 2.45) is 0 Å². The van der Waals surface area contributed by atoms with Gasteiger partial charge in [-0.1, -0.05) is 0 Å².